The largest absolute Gasteiger partial charge is 0.283 e. The average Bonchev–Trinajstić information content (AvgIpc) is 1.68. The zero-order valence-electron chi connectivity index (χ0n) is 3.64. The molecule has 0 aromatic heterocycles. The fourth-order valence-electron chi connectivity index (χ4n) is 0.123. The van der Waals surface area contributed by atoms with E-state index in [9.17, 15) is 4.79 Å². The van der Waals surface area contributed by atoms with Crippen molar-refractivity contribution >= 4 is 18.6 Å². The van der Waals surface area contributed by atoms with Gasteiger partial charge in [-0.1, -0.05) is 12.8 Å². The molecule has 0 saturated carbocycles. The molecule has 3 heteroatoms. The Hall–Kier alpha value is -0.460. The molecule has 1 N–H and O–H groups in total. The lowest BCUT2D eigenvalue weighted by Crippen LogP contribution is -2.11. The van der Waals surface area contributed by atoms with Gasteiger partial charge >= 0.3 is 0 Å². The third kappa shape index (κ3) is 3.37. The molecule has 38 valence electrons. The summed E-state index contributed by atoms with van der Waals surface area (Å²) < 4.78 is 2.32. The molecule has 0 aliphatic rings. The molecule has 0 amide bonds. The molecular weight excluding hydrogens is 110 g/mol. The topological polar surface area (TPSA) is 29.1 Å². The molecule has 0 bridgehead atoms. The maximum absolute atomic E-state index is 10.1. The van der Waals surface area contributed by atoms with Gasteiger partial charge in [-0.25, -0.2) is 0 Å². The van der Waals surface area contributed by atoms with Crippen molar-refractivity contribution in [1.82, 2.24) is 4.72 Å². The highest BCUT2D eigenvalue weighted by Gasteiger charge is 1.88. The third-order valence-electron chi connectivity index (χ3n) is 0.401. The van der Waals surface area contributed by atoms with Crippen LogP contribution in [0.2, 0.25) is 0 Å². The minimum absolute atomic E-state index is 0.139. The van der Waals surface area contributed by atoms with Gasteiger partial charge in [-0.3, -0.25) is 9.52 Å². The van der Waals surface area contributed by atoms with Crippen LogP contribution >= 0.6 is 12.8 Å². The minimum Gasteiger partial charge on any atom is -0.283 e. The number of carbonyl (C=O) groups is 1. The van der Waals surface area contributed by atoms with E-state index in [2.05, 4.69) is 24.0 Å². The van der Waals surface area contributed by atoms with Crippen LogP contribution in [0.15, 0.2) is 0 Å². The van der Waals surface area contributed by atoms with Gasteiger partial charge in [0, 0.05) is 0 Å². The first-order chi connectivity index (χ1) is 3.31. The lowest BCUT2D eigenvalue weighted by molar-refractivity contribution is -0.112. The van der Waals surface area contributed by atoms with E-state index >= 15 is 0 Å². The highest BCUT2D eigenvalue weighted by atomic mass is 32.1. The van der Waals surface area contributed by atoms with E-state index in [0.717, 1.165) is 0 Å². The molecule has 0 aliphatic heterocycles. The van der Waals surface area contributed by atoms with E-state index in [0.29, 0.717) is 0 Å². The monoisotopic (exact) mass is 115 g/mol. The molecule has 0 aromatic rings. The number of terminal acetylenes is 1. The van der Waals surface area contributed by atoms with E-state index in [1.165, 1.54) is 0 Å². The molecule has 0 heterocycles. The summed E-state index contributed by atoms with van der Waals surface area (Å²) in [4.78, 5) is 10.1. The second-order valence-corrected chi connectivity index (χ2v) is 1.22. The van der Waals surface area contributed by atoms with E-state index in [1.807, 2.05) is 5.92 Å². The fraction of sp³-hybridized carbons (Fsp3) is 0.250. The minimum atomic E-state index is -0.282. The SMILES string of the molecule is C#CC(=O)CNS. The van der Waals surface area contributed by atoms with Crippen molar-refractivity contribution in [3.63, 3.8) is 0 Å². The quantitative estimate of drug-likeness (QED) is 0.292. The van der Waals surface area contributed by atoms with Gasteiger partial charge in [0.2, 0.25) is 5.78 Å². The molecule has 0 fully saturated rings. The van der Waals surface area contributed by atoms with Crippen LogP contribution in [0, 0.1) is 12.3 Å². The van der Waals surface area contributed by atoms with E-state index < -0.39 is 0 Å². The molecule has 0 atom stereocenters. The lowest BCUT2D eigenvalue weighted by atomic mass is 10.4. The second kappa shape index (κ2) is 3.72. The van der Waals surface area contributed by atoms with Crippen LogP contribution in [0.25, 0.3) is 0 Å². The standard InChI is InChI=1S/C4H5NOS/c1-2-4(6)3-5-7/h1,5,7H,3H2. The first-order valence-electron chi connectivity index (χ1n) is 1.67. The van der Waals surface area contributed by atoms with Crippen LogP contribution in [0.4, 0.5) is 0 Å². The van der Waals surface area contributed by atoms with Crippen LogP contribution in [0.5, 0.6) is 0 Å². The number of Topliss-reactive ketones (excluding diaryl/α,β-unsaturated/α-hetero) is 1. The smallest absolute Gasteiger partial charge is 0.219 e. The zero-order chi connectivity index (χ0) is 5.70. The molecule has 0 aromatic carbocycles. The normalized spacial score (nSPS) is 7.43. The van der Waals surface area contributed by atoms with Crippen LogP contribution < -0.4 is 4.72 Å². The molecule has 2 nitrogen and oxygen atoms in total. The zero-order valence-corrected chi connectivity index (χ0v) is 4.53. The first-order valence-corrected chi connectivity index (χ1v) is 2.12. The summed E-state index contributed by atoms with van der Waals surface area (Å²) in [5.41, 5.74) is 0. The van der Waals surface area contributed by atoms with Gasteiger partial charge in [-0.2, -0.15) is 0 Å². The summed E-state index contributed by atoms with van der Waals surface area (Å²) in [5.74, 6) is 1.63. The summed E-state index contributed by atoms with van der Waals surface area (Å²) in [6.07, 6.45) is 4.68. The van der Waals surface area contributed by atoms with E-state index in [1.54, 1.807) is 0 Å². The Labute approximate surface area is 47.8 Å². The number of ketones is 1. The maximum Gasteiger partial charge on any atom is 0.219 e. The Morgan fingerprint density at radius 1 is 2.00 bits per heavy atom. The van der Waals surface area contributed by atoms with Crippen molar-refractivity contribution in [2.45, 2.75) is 0 Å². The Kier molecular flexibility index (Phi) is 3.48. The number of thiol groups is 1. The van der Waals surface area contributed by atoms with E-state index in [-0.39, 0.29) is 12.3 Å². The first kappa shape index (κ1) is 6.54. The van der Waals surface area contributed by atoms with Crippen molar-refractivity contribution in [2.24, 2.45) is 0 Å². The number of carbonyl (C=O) groups excluding carboxylic acids is 1. The number of hydrogen-bond donors (Lipinski definition) is 2. The Bertz CT molecular complexity index is 105. The molecule has 0 radical (unpaired) electrons. The van der Waals surface area contributed by atoms with Gasteiger partial charge in [0.05, 0.1) is 6.54 Å². The van der Waals surface area contributed by atoms with Gasteiger partial charge in [-0.15, -0.1) is 6.42 Å². The molecular formula is C4H5NOS. The highest BCUT2D eigenvalue weighted by Crippen LogP contribution is 1.63. The summed E-state index contributed by atoms with van der Waals surface area (Å²) in [5, 5.41) is 0. The Morgan fingerprint density at radius 2 is 2.57 bits per heavy atom. The fourth-order valence-corrected chi connectivity index (χ4v) is 0.266. The van der Waals surface area contributed by atoms with Gasteiger partial charge in [0.25, 0.3) is 0 Å². The third-order valence-corrected chi connectivity index (χ3v) is 0.559. The van der Waals surface area contributed by atoms with Gasteiger partial charge in [-0.05, 0) is 5.92 Å². The predicted octanol–water partition coefficient (Wildman–Crippen LogP) is -0.377. The van der Waals surface area contributed by atoms with Crippen LogP contribution in [-0.2, 0) is 4.79 Å². The lowest BCUT2D eigenvalue weighted by Gasteiger charge is -1.83. The van der Waals surface area contributed by atoms with Crippen LogP contribution in [-0.4, -0.2) is 12.3 Å². The molecule has 0 saturated heterocycles. The Morgan fingerprint density at radius 3 is 2.71 bits per heavy atom. The average molecular weight is 115 g/mol. The molecule has 0 rings (SSSR count). The molecule has 0 spiro atoms. The van der Waals surface area contributed by atoms with Crippen molar-refractivity contribution in [1.29, 1.82) is 0 Å². The summed E-state index contributed by atoms with van der Waals surface area (Å²) in [6, 6.07) is 0. The molecule has 7 heavy (non-hydrogen) atoms. The molecule has 0 aliphatic carbocycles. The summed E-state index contributed by atoms with van der Waals surface area (Å²) >= 11 is 3.55. The van der Waals surface area contributed by atoms with Crippen molar-refractivity contribution < 1.29 is 4.79 Å². The van der Waals surface area contributed by atoms with Crippen LogP contribution in [0.1, 0.15) is 0 Å². The summed E-state index contributed by atoms with van der Waals surface area (Å²) in [7, 11) is 0. The molecule has 0 unspecified atom stereocenters. The van der Waals surface area contributed by atoms with Crippen molar-refractivity contribution in [2.75, 3.05) is 6.54 Å². The maximum atomic E-state index is 10.1. The number of rotatable bonds is 2. The number of hydrogen-bond acceptors (Lipinski definition) is 3. The predicted molar refractivity (Wildman–Crippen MR) is 30.8 cm³/mol. The highest BCUT2D eigenvalue weighted by molar-refractivity contribution is 7.78. The second-order valence-electron chi connectivity index (χ2n) is 0.902. The van der Waals surface area contributed by atoms with Gasteiger partial charge < -0.3 is 0 Å². The van der Waals surface area contributed by atoms with Crippen molar-refractivity contribution in [3.8, 4) is 12.3 Å². The van der Waals surface area contributed by atoms with E-state index in [4.69, 9.17) is 0 Å². The summed E-state index contributed by atoms with van der Waals surface area (Å²) in [6.45, 7) is 0.139. The van der Waals surface area contributed by atoms with Gasteiger partial charge in [0.15, 0.2) is 0 Å². The number of nitrogens with one attached hydrogen (secondary N) is 1. The Balaban J connectivity index is 3.24. The van der Waals surface area contributed by atoms with Gasteiger partial charge in [0.1, 0.15) is 0 Å². The van der Waals surface area contributed by atoms with Crippen LogP contribution in [0.3, 0.4) is 0 Å². The van der Waals surface area contributed by atoms with Crippen molar-refractivity contribution in [3.05, 3.63) is 0 Å².